The molecule has 0 saturated heterocycles. The van der Waals surface area contributed by atoms with E-state index >= 15 is 0 Å². The molecule has 7 nitrogen and oxygen atoms in total. The van der Waals surface area contributed by atoms with E-state index in [1.165, 1.54) is 0 Å². The second-order valence-corrected chi connectivity index (χ2v) is 0. The van der Waals surface area contributed by atoms with E-state index in [-0.39, 0.29) is 66.7 Å². The van der Waals surface area contributed by atoms with Gasteiger partial charge in [-0.25, -0.2) is 0 Å². The van der Waals surface area contributed by atoms with E-state index in [1.807, 2.05) is 0 Å². The van der Waals surface area contributed by atoms with Gasteiger partial charge in [0.1, 0.15) is 0 Å². The molecule has 0 radical (unpaired) electrons. The van der Waals surface area contributed by atoms with Crippen LogP contribution in [0.4, 0.5) is 0 Å². The summed E-state index contributed by atoms with van der Waals surface area (Å²) in [6.45, 7) is 0. The van der Waals surface area contributed by atoms with Crippen LogP contribution in [0.3, 0.4) is 0 Å². The summed E-state index contributed by atoms with van der Waals surface area (Å²) in [6.07, 6.45) is 0. The number of hydrogen-bond donors (Lipinski definition) is 0. The third kappa shape index (κ3) is 1610. The Morgan fingerprint density at radius 3 is 0.333 bits per heavy atom. The van der Waals surface area contributed by atoms with E-state index in [9.17, 15) is 0 Å². The molecule has 0 aliphatic rings. The smallest absolute Gasteiger partial charge is 0.870 e. The molecule has 0 atom stereocenters. The first kappa shape index (κ1) is 3080. The van der Waals surface area contributed by atoms with Crippen molar-refractivity contribution in [1.82, 2.24) is 0 Å². The van der Waals surface area contributed by atoms with E-state index in [0.29, 0.717) is 0 Å². The van der Waals surface area contributed by atoms with Crippen molar-refractivity contribution in [1.29, 1.82) is 0 Å². The summed E-state index contributed by atoms with van der Waals surface area (Å²) in [6, 6.07) is 0. The van der Waals surface area contributed by atoms with Crippen molar-refractivity contribution >= 4 is 28.3 Å². The van der Waals surface area contributed by atoms with Gasteiger partial charge in [-0.3, -0.25) is 0 Å². The Morgan fingerprint density at radius 2 is 0.333 bits per heavy atom. The molecule has 0 aromatic rings. The largest absolute Gasteiger partial charge is 4.00 e. The molecule has 0 bridgehead atoms. The average Bonchev–Trinajstić information content (AvgIpc) is 0. The molecule has 0 fully saturated rings. The van der Waals surface area contributed by atoms with Gasteiger partial charge < -0.3 is 38.3 Å². The predicted octanol–water partition coefficient (Wildman–Crippen LogP) is -2.00. The van der Waals surface area contributed by atoms with Gasteiger partial charge in [0.25, 0.3) is 0 Å². The zero-order chi connectivity index (χ0) is 0. The summed E-state index contributed by atoms with van der Waals surface area (Å²) >= 11 is 0. The van der Waals surface area contributed by atoms with E-state index < -0.39 is 0 Å². The Labute approximate surface area is 67.4 Å². The van der Waals surface area contributed by atoms with Crippen molar-refractivity contribution < 1.29 is 38.3 Å². The third-order valence-electron chi connectivity index (χ3n) is 0. The van der Waals surface area contributed by atoms with Crippen LogP contribution in [0.1, 0.15) is 0 Å². The fourth-order valence-electron chi connectivity index (χ4n) is 0. The van der Waals surface area contributed by atoms with Crippen LogP contribution < -0.4 is 0 Å². The second-order valence-electron chi connectivity index (χ2n) is 0. The van der Waals surface area contributed by atoms with Crippen LogP contribution >= 0.6 is 0 Å². The molecule has 0 aromatic heterocycles. The minimum atomic E-state index is 0. The van der Waals surface area contributed by atoms with Crippen LogP contribution in [0.15, 0.2) is 0 Å². The second kappa shape index (κ2) is 2140. The standard InChI is InChI=1S/Al.7H2O.Si/h;7*1H2;/q+3;;;;;;;;+4/p-7. The molecule has 9 heavy (non-hydrogen) atoms. The zero-order valence-electron chi connectivity index (χ0n) is 4.21. The van der Waals surface area contributed by atoms with Crippen molar-refractivity contribution in [3.05, 3.63) is 0 Å². The van der Waals surface area contributed by atoms with Crippen LogP contribution in [0.2, 0.25) is 0 Å². The van der Waals surface area contributed by atoms with Gasteiger partial charge in [0.2, 0.25) is 0 Å². The van der Waals surface area contributed by atoms with Crippen molar-refractivity contribution in [2.24, 2.45) is 0 Å². The van der Waals surface area contributed by atoms with Crippen molar-refractivity contribution in [3.8, 4) is 0 Å². The van der Waals surface area contributed by atoms with Crippen LogP contribution in [0.25, 0.3) is 0 Å². The quantitative estimate of drug-likeness (QED) is 0.376. The molecule has 56 valence electrons. The summed E-state index contributed by atoms with van der Waals surface area (Å²) in [5, 5.41) is 0. The Kier molecular flexibility index (Phi) is 735000. The van der Waals surface area contributed by atoms with E-state index in [4.69, 9.17) is 0 Å². The van der Waals surface area contributed by atoms with Crippen molar-refractivity contribution in [2.75, 3.05) is 0 Å². The van der Waals surface area contributed by atoms with Crippen LogP contribution in [0, 0.1) is 0 Å². The SMILES string of the molecule is [Al+3].[OH-].[OH-].[OH-].[OH-].[OH-].[OH-].[OH-].[Si+4]. The van der Waals surface area contributed by atoms with Crippen LogP contribution in [-0.4, -0.2) is 66.7 Å². The normalized spacial score (nSPS) is 0. The summed E-state index contributed by atoms with van der Waals surface area (Å²) in [7, 11) is 0. The Balaban J connectivity index is 0. The molecule has 0 rings (SSSR count). The molecule has 0 heterocycles. The van der Waals surface area contributed by atoms with Gasteiger partial charge in [-0.1, -0.05) is 0 Å². The third-order valence-corrected chi connectivity index (χ3v) is 0. The summed E-state index contributed by atoms with van der Waals surface area (Å²) in [5.41, 5.74) is 0. The van der Waals surface area contributed by atoms with Crippen molar-refractivity contribution in [2.45, 2.75) is 0 Å². The van der Waals surface area contributed by atoms with Crippen LogP contribution in [-0.2, 0) is 0 Å². The zero-order valence-corrected chi connectivity index (χ0v) is 6.36. The van der Waals surface area contributed by atoms with Gasteiger partial charge in [-0.2, -0.15) is 0 Å². The van der Waals surface area contributed by atoms with Gasteiger partial charge in [0, 0.05) is 0 Å². The monoisotopic (exact) mass is 174 g/mol. The molecule has 0 spiro atoms. The molecular formula is H7AlO7Si. The van der Waals surface area contributed by atoms with E-state index in [1.54, 1.807) is 0 Å². The maximum absolute atomic E-state index is 0. The fraction of sp³-hybridized carbons (Fsp3) is 0. The van der Waals surface area contributed by atoms with E-state index in [2.05, 4.69) is 0 Å². The fourth-order valence-corrected chi connectivity index (χ4v) is 0. The van der Waals surface area contributed by atoms with Gasteiger partial charge in [0.05, 0.1) is 0 Å². The molecule has 0 saturated carbocycles. The first-order chi connectivity index (χ1) is 0. The molecule has 0 amide bonds. The summed E-state index contributed by atoms with van der Waals surface area (Å²) in [5.74, 6) is 0. The summed E-state index contributed by atoms with van der Waals surface area (Å²) in [4.78, 5) is 0. The van der Waals surface area contributed by atoms with Gasteiger partial charge in [-0.15, -0.1) is 0 Å². The molecule has 0 aliphatic carbocycles. The first-order valence-electron chi connectivity index (χ1n) is 0. The Hall–Kier alpha value is 0.469. The molecule has 0 aromatic carbocycles. The molecule has 0 aliphatic heterocycles. The molecule has 7 N–H and O–H groups in total. The minimum absolute atomic E-state index is 0. The van der Waals surface area contributed by atoms with Crippen molar-refractivity contribution in [3.63, 3.8) is 0 Å². The number of hydrogen-bond acceptors (Lipinski definition) is 7. The number of rotatable bonds is 0. The maximum atomic E-state index is 0. The van der Waals surface area contributed by atoms with Gasteiger partial charge >= 0.3 is 28.3 Å². The molecular weight excluding hydrogens is 167 g/mol. The predicted molar refractivity (Wildman–Crippen MR) is 25.1 cm³/mol. The molecule has 9 heteroatoms. The topological polar surface area (TPSA) is 210 Å². The Bertz CT molecular complexity index is 8.88. The van der Waals surface area contributed by atoms with Crippen LogP contribution in [0.5, 0.6) is 0 Å². The maximum Gasteiger partial charge on any atom is 4.00 e. The first-order valence-corrected chi connectivity index (χ1v) is 0. The average molecular weight is 174 g/mol. The van der Waals surface area contributed by atoms with Gasteiger partial charge in [-0.05, 0) is 0 Å². The minimum Gasteiger partial charge on any atom is -0.870 e. The molecule has 0 unspecified atom stereocenters. The Morgan fingerprint density at radius 1 is 0.333 bits per heavy atom. The summed E-state index contributed by atoms with van der Waals surface area (Å²) < 4.78 is 0. The van der Waals surface area contributed by atoms with E-state index in [0.717, 1.165) is 0 Å². The van der Waals surface area contributed by atoms with Gasteiger partial charge in [0.15, 0.2) is 0 Å².